The van der Waals surface area contributed by atoms with Crippen LogP contribution in [0.5, 0.6) is 5.75 Å². The van der Waals surface area contributed by atoms with Crippen molar-refractivity contribution in [1.29, 1.82) is 0 Å². The average Bonchev–Trinajstić information content (AvgIpc) is 2.53. The van der Waals surface area contributed by atoms with Crippen molar-refractivity contribution in [1.82, 2.24) is 0 Å². The van der Waals surface area contributed by atoms with Gasteiger partial charge in [0.25, 0.3) is 0 Å². The Kier molecular flexibility index (Phi) is 5.19. The van der Waals surface area contributed by atoms with E-state index in [0.29, 0.717) is 0 Å². The Hall–Kier alpha value is -1.80. The van der Waals surface area contributed by atoms with E-state index in [1.165, 1.54) is 11.1 Å². The molecule has 20 heavy (non-hydrogen) atoms. The summed E-state index contributed by atoms with van der Waals surface area (Å²) in [4.78, 5) is 0. The van der Waals surface area contributed by atoms with Crippen LogP contribution in [0.25, 0.3) is 0 Å². The Morgan fingerprint density at radius 2 is 1.55 bits per heavy atom. The van der Waals surface area contributed by atoms with Crippen LogP contribution in [0.15, 0.2) is 48.5 Å². The molecule has 2 nitrogen and oxygen atoms in total. The third kappa shape index (κ3) is 3.61. The zero-order valence-corrected chi connectivity index (χ0v) is 12.2. The molecule has 0 bridgehead atoms. The van der Waals surface area contributed by atoms with Crippen LogP contribution in [0.1, 0.15) is 29.5 Å². The molecule has 2 aromatic rings. The highest BCUT2D eigenvalue weighted by Crippen LogP contribution is 2.23. The predicted octanol–water partition coefficient (Wildman–Crippen LogP) is 3.58. The fourth-order valence-corrected chi connectivity index (χ4v) is 2.36. The molecule has 2 aromatic carbocycles. The van der Waals surface area contributed by atoms with Gasteiger partial charge >= 0.3 is 0 Å². The lowest BCUT2D eigenvalue weighted by molar-refractivity contribution is 0.264. The van der Waals surface area contributed by atoms with Crippen LogP contribution >= 0.6 is 0 Å². The molecule has 0 aliphatic rings. The number of aliphatic hydroxyl groups excluding tert-OH is 1. The average molecular weight is 270 g/mol. The van der Waals surface area contributed by atoms with Gasteiger partial charge in [0, 0.05) is 5.92 Å². The highest BCUT2D eigenvalue weighted by molar-refractivity contribution is 5.31. The first-order valence-corrected chi connectivity index (χ1v) is 7.09. The van der Waals surface area contributed by atoms with Gasteiger partial charge in [0.2, 0.25) is 0 Å². The van der Waals surface area contributed by atoms with E-state index < -0.39 is 0 Å². The molecule has 106 valence electrons. The van der Waals surface area contributed by atoms with Gasteiger partial charge in [-0.1, -0.05) is 43.3 Å². The molecule has 0 spiro atoms. The van der Waals surface area contributed by atoms with Gasteiger partial charge in [-0.25, -0.2) is 0 Å². The van der Waals surface area contributed by atoms with Gasteiger partial charge in [-0.3, -0.25) is 0 Å². The van der Waals surface area contributed by atoms with Gasteiger partial charge in [-0.2, -0.15) is 0 Å². The Labute approximate surface area is 121 Å². The topological polar surface area (TPSA) is 29.5 Å². The summed E-state index contributed by atoms with van der Waals surface area (Å²) < 4.78 is 5.16. The first-order chi connectivity index (χ1) is 9.76. The van der Waals surface area contributed by atoms with Crippen LogP contribution in [-0.4, -0.2) is 18.8 Å². The molecule has 2 rings (SSSR count). The maximum absolute atomic E-state index is 9.64. The highest BCUT2D eigenvalue weighted by atomic mass is 16.5. The summed E-state index contributed by atoms with van der Waals surface area (Å²) in [5, 5.41) is 9.64. The molecule has 0 amide bonds. The minimum Gasteiger partial charge on any atom is -0.497 e. The summed E-state index contributed by atoms with van der Waals surface area (Å²) in [6.07, 6.45) is 1.91. The molecule has 1 atom stereocenters. The van der Waals surface area contributed by atoms with E-state index in [4.69, 9.17) is 4.74 Å². The molecule has 0 fully saturated rings. The number of aliphatic hydroxyl groups is 1. The van der Waals surface area contributed by atoms with E-state index in [9.17, 15) is 5.11 Å². The van der Waals surface area contributed by atoms with Crippen molar-refractivity contribution in [2.75, 3.05) is 13.7 Å². The summed E-state index contributed by atoms with van der Waals surface area (Å²) in [6.45, 7) is 2.31. The lowest BCUT2D eigenvalue weighted by Gasteiger charge is -2.15. The van der Waals surface area contributed by atoms with Gasteiger partial charge in [0.15, 0.2) is 0 Å². The van der Waals surface area contributed by atoms with Crippen LogP contribution in [0.2, 0.25) is 0 Å². The minimum absolute atomic E-state index is 0.133. The van der Waals surface area contributed by atoms with E-state index in [-0.39, 0.29) is 12.5 Å². The summed E-state index contributed by atoms with van der Waals surface area (Å²) >= 11 is 0. The molecule has 0 aliphatic carbocycles. The van der Waals surface area contributed by atoms with Crippen molar-refractivity contribution in [3.05, 3.63) is 65.2 Å². The molecule has 0 saturated carbocycles. The first-order valence-electron chi connectivity index (χ1n) is 7.09. The monoisotopic (exact) mass is 270 g/mol. The standard InChI is InChI=1S/C18H22O2/c1-3-14-4-6-15(7-5-14)12-17(13-19)16-8-10-18(20-2)11-9-16/h4-11,17,19H,3,12-13H2,1-2H3. The van der Waals surface area contributed by atoms with Gasteiger partial charge in [-0.15, -0.1) is 0 Å². The number of rotatable bonds is 6. The number of hydrogen-bond donors (Lipinski definition) is 1. The Morgan fingerprint density at radius 1 is 0.950 bits per heavy atom. The smallest absolute Gasteiger partial charge is 0.118 e. The third-order valence-electron chi connectivity index (χ3n) is 3.72. The largest absolute Gasteiger partial charge is 0.497 e. The Bertz CT molecular complexity index is 514. The van der Waals surface area contributed by atoms with Crippen molar-refractivity contribution in [3.8, 4) is 5.75 Å². The summed E-state index contributed by atoms with van der Waals surface area (Å²) in [5.74, 6) is 0.978. The lowest BCUT2D eigenvalue weighted by atomic mass is 9.92. The fourth-order valence-electron chi connectivity index (χ4n) is 2.36. The minimum atomic E-state index is 0.133. The van der Waals surface area contributed by atoms with Crippen LogP contribution in [0.4, 0.5) is 0 Å². The molecule has 0 radical (unpaired) electrons. The van der Waals surface area contributed by atoms with Crippen molar-refractivity contribution < 1.29 is 9.84 Å². The highest BCUT2D eigenvalue weighted by Gasteiger charge is 2.11. The van der Waals surface area contributed by atoms with E-state index in [1.807, 2.05) is 24.3 Å². The molecule has 1 unspecified atom stereocenters. The van der Waals surface area contributed by atoms with E-state index in [2.05, 4.69) is 31.2 Å². The summed E-state index contributed by atoms with van der Waals surface area (Å²) in [5.41, 5.74) is 3.75. The van der Waals surface area contributed by atoms with E-state index in [1.54, 1.807) is 7.11 Å². The predicted molar refractivity (Wildman–Crippen MR) is 82.3 cm³/mol. The maximum atomic E-state index is 9.64. The van der Waals surface area contributed by atoms with Gasteiger partial charge in [0.05, 0.1) is 13.7 Å². The van der Waals surface area contributed by atoms with Crippen molar-refractivity contribution >= 4 is 0 Å². The molecular weight excluding hydrogens is 248 g/mol. The van der Waals surface area contributed by atoms with Crippen molar-refractivity contribution in [2.24, 2.45) is 0 Å². The van der Waals surface area contributed by atoms with Crippen LogP contribution < -0.4 is 4.74 Å². The Morgan fingerprint density at radius 3 is 2.05 bits per heavy atom. The molecule has 2 heteroatoms. The number of benzene rings is 2. The van der Waals surface area contributed by atoms with Crippen LogP contribution in [0.3, 0.4) is 0 Å². The van der Waals surface area contributed by atoms with E-state index in [0.717, 1.165) is 24.2 Å². The quantitative estimate of drug-likeness (QED) is 0.869. The van der Waals surface area contributed by atoms with Crippen molar-refractivity contribution in [2.45, 2.75) is 25.7 Å². The summed E-state index contributed by atoms with van der Waals surface area (Å²) in [7, 11) is 1.66. The van der Waals surface area contributed by atoms with Crippen molar-refractivity contribution in [3.63, 3.8) is 0 Å². The third-order valence-corrected chi connectivity index (χ3v) is 3.72. The molecule has 0 aliphatic heterocycles. The zero-order chi connectivity index (χ0) is 14.4. The maximum Gasteiger partial charge on any atom is 0.118 e. The Balaban J connectivity index is 2.10. The van der Waals surface area contributed by atoms with Crippen LogP contribution in [-0.2, 0) is 12.8 Å². The second-order valence-electron chi connectivity index (χ2n) is 5.03. The number of hydrogen-bond acceptors (Lipinski definition) is 2. The van der Waals surface area contributed by atoms with Gasteiger partial charge in [0.1, 0.15) is 5.75 Å². The normalized spacial score (nSPS) is 12.2. The molecular formula is C18H22O2. The second-order valence-corrected chi connectivity index (χ2v) is 5.03. The lowest BCUT2D eigenvalue weighted by Crippen LogP contribution is -2.07. The number of methoxy groups -OCH3 is 1. The van der Waals surface area contributed by atoms with Crippen LogP contribution in [0, 0.1) is 0 Å². The number of ether oxygens (including phenoxy) is 1. The SMILES string of the molecule is CCc1ccc(CC(CO)c2ccc(OC)cc2)cc1. The van der Waals surface area contributed by atoms with Gasteiger partial charge in [-0.05, 0) is 41.7 Å². The van der Waals surface area contributed by atoms with Gasteiger partial charge < -0.3 is 9.84 Å². The molecule has 0 saturated heterocycles. The summed E-state index contributed by atoms with van der Waals surface area (Å²) in [6, 6.07) is 16.6. The number of aryl methyl sites for hydroxylation is 1. The molecule has 1 N–H and O–H groups in total. The fraction of sp³-hybridized carbons (Fsp3) is 0.333. The second kappa shape index (κ2) is 7.11. The molecule has 0 heterocycles. The zero-order valence-electron chi connectivity index (χ0n) is 12.2. The first kappa shape index (κ1) is 14.6. The molecule has 0 aromatic heterocycles. The van der Waals surface area contributed by atoms with E-state index >= 15 is 0 Å².